The number of nitrogens with zero attached hydrogens (tertiary/aromatic N) is 3. The Morgan fingerprint density at radius 3 is 2.48 bits per heavy atom. The van der Waals surface area contributed by atoms with Gasteiger partial charge in [-0.25, -0.2) is 4.39 Å². The van der Waals surface area contributed by atoms with Crippen molar-refractivity contribution < 1.29 is 9.18 Å². The van der Waals surface area contributed by atoms with E-state index in [4.69, 9.17) is 5.26 Å². The third-order valence-electron chi connectivity index (χ3n) is 5.07. The van der Waals surface area contributed by atoms with Crippen molar-refractivity contribution in [2.24, 2.45) is 0 Å². The van der Waals surface area contributed by atoms with E-state index in [2.05, 4.69) is 17.0 Å². The Bertz CT molecular complexity index is 1050. The zero-order valence-electron chi connectivity index (χ0n) is 15.8. The molecule has 1 amide bonds. The maximum Gasteiger partial charge on any atom is 0.253 e. The van der Waals surface area contributed by atoms with Crippen molar-refractivity contribution in [3.05, 3.63) is 82.5 Å². The van der Waals surface area contributed by atoms with Crippen LogP contribution in [0.4, 0.5) is 4.39 Å². The van der Waals surface area contributed by atoms with Crippen LogP contribution in [0.1, 0.15) is 20.8 Å². The molecule has 0 N–H and O–H groups in total. The monoisotopic (exact) mass is 405 g/mol. The lowest BCUT2D eigenvalue weighted by atomic mass is 10.1. The third-order valence-corrected chi connectivity index (χ3v) is 6.19. The molecule has 0 unspecified atom stereocenters. The first-order chi connectivity index (χ1) is 14.1. The maximum absolute atomic E-state index is 13.4. The number of nitriles is 1. The molecule has 1 aliphatic rings. The molecule has 2 aromatic carbocycles. The minimum atomic E-state index is -0.222. The number of thiophene rings is 1. The Hall–Kier alpha value is -3.01. The van der Waals surface area contributed by atoms with Crippen molar-refractivity contribution >= 4 is 17.2 Å². The molecule has 146 valence electrons. The van der Waals surface area contributed by atoms with Crippen LogP contribution in [0.5, 0.6) is 0 Å². The number of amides is 1. The number of hydrogen-bond acceptors (Lipinski definition) is 4. The Labute approximate surface area is 173 Å². The van der Waals surface area contributed by atoms with Crippen LogP contribution in [0, 0.1) is 17.1 Å². The van der Waals surface area contributed by atoms with Crippen molar-refractivity contribution in [2.45, 2.75) is 6.54 Å². The van der Waals surface area contributed by atoms with Gasteiger partial charge in [0.15, 0.2) is 0 Å². The van der Waals surface area contributed by atoms with Crippen LogP contribution in [0.3, 0.4) is 0 Å². The molecule has 4 nitrogen and oxygen atoms in total. The van der Waals surface area contributed by atoms with Gasteiger partial charge in [0.1, 0.15) is 5.82 Å². The highest BCUT2D eigenvalue weighted by Gasteiger charge is 2.22. The van der Waals surface area contributed by atoms with Gasteiger partial charge in [0, 0.05) is 48.0 Å². The molecule has 0 radical (unpaired) electrons. The minimum Gasteiger partial charge on any atom is -0.336 e. The smallest absolute Gasteiger partial charge is 0.253 e. The normalized spacial score (nSPS) is 14.6. The molecule has 4 rings (SSSR count). The topological polar surface area (TPSA) is 47.3 Å². The standard InChI is InChI=1S/C23H20FN3OS/c24-20-3-1-2-19(14-20)22-9-8-21(29-22)16-26-10-12-27(13-11-26)23(28)18-6-4-17(15-25)5-7-18/h1-9,14H,10-13,16H2. The third kappa shape index (κ3) is 4.53. The van der Waals surface area contributed by atoms with Crippen LogP contribution < -0.4 is 0 Å². The summed E-state index contributed by atoms with van der Waals surface area (Å²) in [7, 11) is 0. The van der Waals surface area contributed by atoms with Gasteiger partial charge in [-0.3, -0.25) is 9.69 Å². The second-order valence-electron chi connectivity index (χ2n) is 7.03. The molecule has 29 heavy (non-hydrogen) atoms. The molecular formula is C23H20FN3OS. The number of halogens is 1. The lowest BCUT2D eigenvalue weighted by molar-refractivity contribution is 0.0629. The van der Waals surface area contributed by atoms with Gasteiger partial charge in [-0.05, 0) is 54.1 Å². The molecule has 1 saturated heterocycles. The molecular weight excluding hydrogens is 385 g/mol. The van der Waals surface area contributed by atoms with Gasteiger partial charge < -0.3 is 4.90 Å². The Morgan fingerprint density at radius 1 is 1.03 bits per heavy atom. The van der Waals surface area contributed by atoms with Crippen LogP contribution in [-0.4, -0.2) is 41.9 Å². The summed E-state index contributed by atoms with van der Waals surface area (Å²) >= 11 is 1.68. The zero-order chi connectivity index (χ0) is 20.2. The van der Waals surface area contributed by atoms with E-state index in [0.29, 0.717) is 24.2 Å². The van der Waals surface area contributed by atoms with E-state index in [1.165, 1.54) is 10.9 Å². The highest BCUT2D eigenvalue weighted by Crippen LogP contribution is 2.29. The van der Waals surface area contributed by atoms with Gasteiger partial charge in [-0.1, -0.05) is 12.1 Å². The largest absolute Gasteiger partial charge is 0.336 e. The maximum atomic E-state index is 13.4. The van der Waals surface area contributed by atoms with Gasteiger partial charge in [-0.2, -0.15) is 5.26 Å². The van der Waals surface area contributed by atoms with E-state index in [1.54, 1.807) is 47.7 Å². The van der Waals surface area contributed by atoms with Crippen molar-refractivity contribution in [1.82, 2.24) is 9.80 Å². The summed E-state index contributed by atoms with van der Waals surface area (Å²) in [5.74, 6) is -0.209. The first kappa shape index (κ1) is 19.3. The number of carbonyl (C=O) groups is 1. The SMILES string of the molecule is N#Cc1ccc(C(=O)N2CCN(Cc3ccc(-c4cccc(F)c4)s3)CC2)cc1. The number of piperazine rings is 1. The molecule has 0 spiro atoms. The Kier molecular flexibility index (Phi) is 5.70. The second-order valence-corrected chi connectivity index (χ2v) is 8.20. The van der Waals surface area contributed by atoms with Crippen LogP contribution in [-0.2, 0) is 6.54 Å². The first-order valence-corrected chi connectivity index (χ1v) is 10.3. The fourth-order valence-corrected chi connectivity index (χ4v) is 4.51. The molecule has 0 saturated carbocycles. The van der Waals surface area contributed by atoms with Crippen LogP contribution in [0.25, 0.3) is 10.4 Å². The van der Waals surface area contributed by atoms with Gasteiger partial charge in [-0.15, -0.1) is 11.3 Å². The highest BCUT2D eigenvalue weighted by atomic mass is 32.1. The number of hydrogen-bond donors (Lipinski definition) is 0. The molecule has 6 heteroatoms. The molecule has 0 atom stereocenters. The molecule has 1 aliphatic heterocycles. The predicted molar refractivity (Wildman–Crippen MR) is 112 cm³/mol. The zero-order valence-corrected chi connectivity index (χ0v) is 16.7. The summed E-state index contributed by atoms with van der Waals surface area (Å²) in [4.78, 5) is 19.1. The molecule has 1 fully saturated rings. The lowest BCUT2D eigenvalue weighted by Gasteiger charge is -2.34. The van der Waals surface area contributed by atoms with Crippen molar-refractivity contribution in [3.8, 4) is 16.5 Å². The molecule has 0 bridgehead atoms. The van der Waals surface area contributed by atoms with E-state index >= 15 is 0 Å². The second kappa shape index (κ2) is 8.56. The van der Waals surface area contributed by atoms with Gasteiger partial charge in [0.05, 0.1) is 11.6 Å². The average molecular weight is 405 g/mol. The molecule has 3 aromatic rings. The fraction of sp³-hybridized carbons (Fsp3) is 0.217. The average Bonchev–Trinajstić information content (AvgIpc) is 3.22. The van der Waals surface area contributed by atoms with Crippen molar-refractivity contribution in [3.63, 3.8) is 0 Å². The number of carbonyl (C=O) groups excluding carboxylic acids is 1. The van der Waals surface area contributed by atoms with Crippen molar-refractivity contribution in [2.75, 3.05) is 26.2 Å². The molecule has 0 aliphatic carbocycles. The van der Waals surface area contributed by atoms with E-state index in [1.807, 2.05) is 17.0 Å². The summed E-state index contributed by atoms with van der Waals surface area (Å²) in [5.41, 5.74) is 2.08. The van der Waals surface area contributed by atoms with E-state index in [9.17, 15) is 9.18 Å². The van der Waals surface area contributed by atoms with Crippen molar-refractivity contribution in [1.29, 1.82) is 5.26 Å². The molecule has 1 aromatic heterocycles. The highest BCUT2D eigenvalue weighted by molar-refractivity contribution is 7.15. The summed E-state index contributed by atoms with van der Waals surface area (Å²) in [6.45, 7) is 3.82. The summed E-state index contributed by atoms with van der Waals surface area (Å²) in [6.07, 6.45) is 0. The fourth-order valence-electron chi connectivity index (χ4n) is 3.46. The lowest BCUT2D eigenvalue weighted by Crippen LogP contribution is -2.48. The summed E-state index contributed by atoms with van der Waals surface area (Å²) in [5, 5.41) is 8.88. The van der Waals surface area contributed by atoms with Crippen LogP contribution in [0.15, 0.2) is 60.7 Å². The van der Waals surface area contributed by atoms with Gasteiger partial charge in [0.2, 0.25) is 0 Å². The Balaban J connectivity index is 1.33. The van der Waals surface area contributed by atoms with Crippen LogP contribution >= 0.6 is 11.3 Å². The minimum absolute atomic E-state index is 0.0126. The van der Waals surface area contributed by atoms with Crippen LogP contribution in [0.2, 0.25) is 0 Å². The van der Waals surface area contributed by atoms with E-state index in [0.717, 1.165) is 30.1 Å². The predicted octanol–water partition coefficient (Wildman–Crippen LogP) is 4.38. The van der Waals surface area contributed by atoms with E-state index < -0.39 is 0 Å². The first-order valence-electron chi connectivity index (χ1n) is 9.49. The number of rotatable bonds is 4. The van der Waals surface area contributed by atoms with Gasteiger partial charge in [0.25, 0.3) is 5.91 Å². The van der Waals surface area contributed by atoms with Gasteiger partial charge >= 0.3 is 0 Å². The molecule has 2 heterocycles. The summed E-state index contributed by atoms with van der Waals surface area (Å²) < 4.78 is 13.4. The quantitative estimate of drug-likeness (QED) is 0.647. The number of benzene rings is 2. The Morgan fingerprint density at radius 2 is 1.79 bits per heavy atom. The summed E-state index contributed by atoms with van der Waals surface area (Å²) in [6, 6.07) is 19.7. The van der Waals surface area contributed by atoms with E-state index in [-0.39, 0.29) is 11.7 Å².